The highest BCUT2D eigenvalue weighted by molar-refractivity contribution is 7.09. The van der Waals surface area contributed by atoms with Crippen molar-refractivity contribution in [2.24, 2.45) is 23.5 Å². The van der Waals surface area contributed by atoms with Crippen LogP contribution in [0.25, 0.3) is 0 Å². The quantitative estimate of drug-likeness (QED) is 0.909. The summed E-state index contributed by atoms with van der Waals surface area (Å²) in [7, 11) is 0. The molecular weight excluding hydrogens is 240 g/mol. The van der Waals surface area contributed by atoms with E-state index in [9.17, 15) is 0 Å². The van der Waals surface area contributed by atoms with Crippen LogP contribution in [0.5, 0.6) is 0 Å². The monoisotopic (exact) mass is 262 g/mol. The molecule has 1 heterocycles. The summed E-state index contributed by atoms with van der Waals surface area (Å²) in [5.41, 5.74) is 7.35. The lowest BCUT2D eigenvalue weighted by molar-refractivity contribution is -0.00533. The van der Waals surface area contributed by atoms with Crippen LogP contribution < -0.4 is 5.73 Å². The van der Waals surface area contributed by atoms with Gasteiger partial charge in [-0.05, 0) is 62.8 Å². The van der Waals surface area contributed by atoms with Crippen molar-refractivity contribution in [1.29, 1.82) is 0 Å². The second-order valence-corrected chi connectivity index (χ2v) is 7.74. The van der Waals surface area contributed by atoms with E-state index in [1.807, 2.05) is 11.3 Å². The average molecular weight is 262 g/mol. The largest absolute Gasteiger partial charge is 0.330 e. The maximum absolute atomic E-state index is 5.64. The summed E-state index contributed by atoms with van der Waals surface area (Å²) in [6, 6.07) is 0. The Hall–Kier alpha value is -0.410. The van der Waals surface area contributed by atoms with Crippen LogP contribution in [0.15, 0.2) is 5.38 Å². The van der Waals surface area contributed by atoms with E-state index >= 15 is 0 Å². The first-order chi connectivity index (χ1) is 8.77. The van der Waals surface area contributed by atoms with Gasteiger partial charge in [-0.1, -0.05) is 0 Å². The molecule has 5 rings (SSSR count). The lowest BCUT2D eigenvalue weighted by Gasteiger charge is -2.56. The number of aromatic nitrogens is 1. The highest BCUT2D eigenvalue weighted by Crippen LogP contribution is 2.61. The van der Waals surface area contributed by atoms with E-state index in [4.69, 9.17) is 10.7 Å². The fourth-order valence-electron chi connectivity index (χ4n) is 5.19. The molecule has 4 fully saturated rings. The fourth-order valence-corrected chi connectivity index (χ4v) is 6.27. The fraction of sp³-hybridized carbons (Fsp3) is 0.800. The van der Waals surface area contributed by atoms with E-state index in [-0.39, 0.29) is 0 Å². The van der Waals surface area contributed by atoms with Crippen molar-refractivity contribution in [3.05, 3.63) is 16.1 Å². The van der Waals surface area contributed by atoms with Gasteiger partial charge in [-0.3, -0.25) is 0 Å². The van der Waals surface area contributed by atoms with E-state index in [1.54, 1.807) is 0 Å². The molecule has 0 aromatic carbocycles. The second-order valence-electron chi connectivity index (χ2n) is 6.88. The molecule has 1 aromatic heterocycles. The molecule has 18 heavy (non-hydrogen) atoms. The molecule has 0 amide bonds. The topological polar surface area (TPSA) is 38.9 Å². The van der Waals surface area contributed by atoms with Crippen molar-refractivity contribution >= 4 is 11.3 Å². The minimum atomic E-state index is 0.478. The number of hydrogen-bond acceptors (Lipinski definition) is 3. The minimum Gasteiger partial charge on any atom is -0.330 e. The van der Waals surface area contributed by atoms with Crippen LogP contribution in [0.1, 0.15) is 49.2 Å². The molecule has 1 aromatic rings. The molecule has 0 spiro atoms. The van der Waals surface area contributed by atoms with Crippen LogP contribution in [0, 0.1) is 17.8 Å². The minimum absolute atomic E-state index is 0.478. The van der Waals surface area contributed by atoms with Crippen molar-refractivity contribution in [2.75, 3.05) is 6.54 Å². The van der Waals surface area contributed by atoms with Crippen molar-refractivity contribution in [2.45, 2.75) is 50.4 Å². The lowest BCUT2D eigenvalue weighted by Crippen LogP contribution is -2.48. The van der Waals surface area contributed by atoms with Crippen LogP contribution >= 0.6 is 11.3 Å². The molecule has 0 saturated heterocycles. The molecule has 4 bridgehead atoms. The lowest BCUT2D eigenvalue weighted by atomic mass is 9.50. The Labute approximate surface area is 113 Å². The van der Waals surface area contributed by atoms with Gasteiger partial charge in [0.2, 0.25) is 0 Å². The molecule has 2 N–H and O–H groups in total. The van der Waals surface area contributed by atoms with Gasteiger partial charge in [-0.2, -0.15) is 0 Å². The predicted octanol–water partition coefficient (Wildman–Crippen LogP) is 3.11. The van der Waals surface area contributed by atoms with Crippen molar-refractivity contribution in [1.82, 2.24) is 4.98 Å². The van der Waals surface area contributed by atoms with E-state index in [0.29, 0.717) is 5.41 Å². The van der Waals surface area contributed by atoms with Crippen LogP contribution in [0.4, 0.5) is 0 Å². The van der Waals surface area contributed by atoms with Gasteiger partial charge in [0.05, 0.1) is 10.7 Å². The molecule has 4 aliphatic carbocycles. The number of hydrogen-bond donors (Lipinski definition) is 1. The Balaban J connectivity index is 1.66. The first-order valence-electron chi connectivity index (χ1n) is 7.42. The Morgan fingerprint density at radius 1 is 1.17 bits per heavy atom. The first kappa shape index (κ1) is 11.4. The van der Waals surface area contributed by atoms with E-state index < -0.39 is 0 Å². The standard InChI is InChI=1S/C15H22N2S/c16-2-1-13-9-18-14(17-13)15-6-10-3-11(7-15)5-12(4-10)8-15/h9-12H,1-8,16H2. The third-order valence-electron chi connectivity index (χ3n) is 5.44. The summed E-state index contributed by atoms with van der Waals surface area (Å²) in [6.07, 6.45) is 9.77. The van der Waals surface area contributed by atoms with E-state index in [0.717, 1.165) is 30.7 Å². The van der Waals surface area contributed by atoms with Crippen molar-refractivity contribution in [3.8, 4) is 0 Å². The zero-order valence-corrected chi connectivity index (χ0v) is 11.7. The highest BCUT2D eigenvalue weighted by atomic mass is 32.1. The van der Waals surface area contributed by atoms with E-state index in [2.05, 4.69) is 5.38 Å². The summed E-state index contributed by atoms with van der Waals surface area (Å²) in [5, 5.41) is 3.70. The number of thiazole rings is 1. The molecular formula is C15H22N2S. The van der Waals surface area contributed by atoms with Gasteiger partial charge >= 0.3 is 0 Å². The molecule has 0 radical (unpaired) electrons. The third-order valence-corrected chi connectivity index (χ3v) is 6.58. The van der Waals surface area contributed by atoms with Gasteiger partial charge in [0.25, 0.3) is 0 Å². The molecule has 0 aliphatic heterocycles. The van der Waals surface area contributed by atoms with Crippen LogP contribution in [-0.2, 0) is 11.8 Å². The van der Waals surface area contributed by atoms with Gasteiger partial charge < -0.3 is 5.73 Å². The zero-order valence-electron chi connectivity index (χ0n) is 10.9. The Morgan fingerprint density at radius 3 is 2.33 bits per heavy atom. The van der Waals surface area contributed by atoms with Gasteiger partial charge in [0.1, 0.15) is 0 Å². The normalized spacial score (nSPS) is 41.5. The predicted molar refractivity (Wildman–Crippen MR) is 74.7 cm³/mol. The first-order valence-corrected chi connectivity index (χ1v) is 8.30. The average Bonchev–Trinajstić information content (AvgIpc) is 2.77. The summed E-state index contributed by atoms with van der Waals surface area (Å²) in [4.78, 5) is 4.93. The zero-order chi connectivity index (χ0) is 12.2. The number of rotatable bonds is 3. The maximum Gasteiger partial charge on any atom is 0.0990 e. The molecule has 0 unspecified atom stereocenters. The number of nitrogens with two attached hydrogens (primary N) is 1. The van der Waals surface area contributed by atoms with Gasteiger partial charge in [0.15, 0.2) is 0 Å². The molecule has 2 nitrogen and oxygen atoms in total. The van der Waals surface area contributed by atoms with Crippen molar-refractivity contribution in [3.63, 3.8) is 0 Å². The van der Waals surface area contributed by atoms with E-state index in [1.165, 1.54) is 49.2 Å². The van der Waals surface area contributed by atoms with Crippen LogP contribution in [0.2, 0.25) is 0 Å². The van der Waals surface area contributed by atoms with Gasteiger partial charge in [-0.15, -0.1) is 11.3 Å². The Morgan fingerprint density at radius 2 is 1.78 bits per heavy atom. The number of nitrogens with zero attached hydrogens (tertiary/aromatic N) is 1. The molecule has 4 saturated carbocycles. The van der Waals surface area contributed by atoms with Crippen molar-refractivity contribution < 1.29 is 0 Å². The molecule has 0 atom stereocenters. The van der Waals surface area contributed by atoms with Gasteiger partial charge in [0, 0.05) is 17.2 Å². The smallest absolute Gasteiger partial charge is 0.0990 e. The Kier molecular flexibility index (Phi) is 2.56. The summed E-state index contributed by atoms with van der Waals surface area (Å²) in [6.45, 7) is 0.726. The third kappa shape index (κ3) is 1.67. The van der Waals surface area contributed by atoms with Crippen LogP contribution in [0.3, 0.4) is 0 Å². The van der Waals surface area contributed by atoms with Gasteiger partial charge in [-0.25, -0.2) is 4.98 Å². The Bertz CT molecular complexity index is 416. The molecule has 4 aliphatic rings. The SMILES string of the molecule is NCCc1csc(C23CC4CC(CC(C4)C2)C3)n1. The van der Waals surface area contributed by atoms with Crippen LogP contribution in [-0.4, -0.2) is 11.5 Å². The summed E-state index contributed by atoms with van der Waals surface area (Å²) in [5.74, 6) is 3.04. The molecule has 98 valence electrons. The maximum atomic E-state index is 5.64. The summed E-state index contributed by atoms with van der Waals surface area (Å²) >= 11 is 1.91. The molecule has 3 heteroatoms. The highest BCUT2D eigenvalue weighted by Gasteiger charge is 2.52. The summed E-state index contributed by atoms with van der Waals surface area (Å²) < 4.78 is 0. The second kappa shape index (κ2) is 4.04.